The van der Waals surface area contributed by atoms with E-state index in [4.69, 9.17) is 21.9 Å². The summed E-state index contributed by atoms with van der Waals surface area (Å²) in [6.45, 7) is 8.72. The first-order valence-corrected chi connectivity index (χ1v) is 12.2. The van der Waals surface area contributed by atoms with Gasteiger partial charge in [-0.1, -0.05) is 36.4 Å². The average molecular weight is 483 g/mol. The fourth-order valence-electron chi connectivity index (χ4n) is 5.35. The highest BCUT2D eigenvalue weighted by atomic mass is 32.1. The minimum absolute atomic E-state index is 0.0991. The first-order valence-electron chi connectivity index (χ1n) is 11.8. The summed E-state index contributed by atoms with van der Waals surface area (Å²) in [5.74, 6) is 0.784. The molecule has 5 rings (SSSR count). The van der Waals surface area contributed by atoms with E-state index in [-0.39, 0.29) is 12.1 Å². The van der Waals surface area contributed by atoms with E-state index < -0.39 is 0 Å². The maximum absolute atomic E-state index is 5.93. The zero-order valence-corrected chi connectivity index (χ0v) is 21.6. The molecule has 0 radical (unpaired) electrons. The van der Waals surface area contributed by atoms with Crippen molar-refractivity contribution in [3.8, 4) is 11.4 Å². The minimum atomic E-state index is -0.111. The van der Waals surface area contributed by atoms with Crippen molar-refractivity contribution in [2.75, 3.05) is 12.0 Å². The highest BCUT2D eigenvalue weighted by molar-refractivity contribution is 7.80. The van der Waals surface area contributed by atoms with Gasteiger partial charge in [0.1, 0.15) is 5.75 Å². The Balaban J connectivity index is 1.73. The van der Waals surface area contributed by atoms with Crippen molar-refractivity contribution >= 4 is 23.0 Å². The second-order valence-corrected chi connectivity index (χ2v) is 9.46. The third-order valence-electron chi connectivity index (χ3n) is 6.89. The van der Waals surface area contributed by atoms with Crippen molar-refractivity contribution in [2.45, 2.75) is 39.8 Å². The van der Waals surface area contributed by atoms with Gasteiger partial charge in [-0.15, -0.1) is 0 Å². The van der Waals surface area contributed by atoms with Gasteiger partial charge in [0, 0.05) is 17.6 Å². The topological polar surface area (TPSA) is 42.3 Å². The number of nitrogens with one attached hydrogen (secondary N) is 1. The highest BCUT2D eigenvalue weighted by Crippen LogP contribution is 2.46. The monoisotopic (exact) mass is 482 g/mol. The molecular formula is C29H30N4OS. The maximum atomic E-state index is 5.93. The van der Waals surface area contributed by atoms with Gasteiger partial charge < -0.3 is 19.5 Å². The summed E-state index contributed by atoms with van der Waals surface area (Å²) < 4.78 is 8.11. The number of nitrogens with zero attached hydrogens (tertiary/aromatic N) is 3. The van der Waals surface area contributed by atoms with E-state index in [9.17, 15) is 0 Å². The molecular weight excluding hydrogens is 452 g/mol. The molecule has 1 aliphatic rings. The number of aryl methyl sites for hydroxylation is 3. The van der Waals surface area contributed by atoms with Gasteiger partial charge >= 0.3 is 0 Å². The summed E-state index contributed by atoms with van der Waals surface area (Å²) in [5.41, 5.74) is 9.22. The Bertz CT molecular complexity index is 1380. The zero-order chi connectivity index (χ0) is 24.7. The smallest absolute Gasteiger partial charge is 0.174 e. The van der Waals surface area contributed by atoms with E-state index in [1.807, 2.05) is 36.5 Å². The van der Waals surface area contributed by atoms with Crippen LogP contribution in [-0.2, 0) is 0 Å². The fourth-order valence-corrected chi connectivity index (χ4v) is 5.69. The van der Waals surface area contributed by atoms with Gasteiger partial charge in [-0.05, 0) is 86.9 Å². The van der Waals surface area contributed by atoms with Crippen molar-refractivity contribution in [3.05, 3.63) is 107 Å². The molecule has 1 aliphatic heterocycles. The molecule has 3 heterocycles. The summed E-state index contributed by atoms with van der Waals surface area (Å²) in [6, 6.07) is 22.6. The maximum Gasteiger partial charge on any atom is 0.174 e. The summed E-state index contributed by atoms with van der Waals surface area (Å²) in [4.78, 5) is 6.88. The Morgan fingerprint density at radius 1 is 0.914 bits per heavy atom. The lowest BCUT2D eigenvalue weighted by Crippen LogP contribution is -2.30. The van der Waals surface area contributed by atoms with Crippen LogP contribution in [0.5, 0.6) is 5.75 Å². The third-order valence-corrected chi connectivity index (χ3v) is 7.21. The van der Waals surface area contributed by atoms with Crippen LogP contribution < -0.4 is 15.0 Å². The van der Waals surface area contributed by atoms with E-state index in [0.29, 0.717) is 5.11 Å². The van der Waals surface area contributed by atoms with E-state index in [1.54, 1.807) is 7.11 Å². The van der Waals surface area contributed by atoms with Gasteiger partial charge in [0.25, 0.3) is 0 Å². The molecule has 1 saturated heterocycles. The lowest BCUT2D eigenvalue weighted by Gasteiger charge is -2.29. The Kier molecular flexibility index (Phi) is 6.07. The Morgan fingerprint density at radius 3 is 2.31 bits per heavy atom. The molecule has 178 valence electrons. The lowest BCUT2D eigenvalue weighted by atomic mass is 9.96. The summed E-state index contributed by atoms with van der Waals surface area (Å²) in [5, 5.41) is 4.23. The SMILES string of the molecule is COc1ccccc1N1C(=S)N[C@H](c2ccccn2)[C@@H]1c1cc(C)n(-c2c(C)cccc2C)c1C. The molecule has 0 saturated carbocycles. The first-order chi connectivity index (χ1) is 16.9. The van der Waals surface area contributed by atoms with Gasteiger partial charge in [-0.3, -0.25) is 4.98 Å². The van der Waals surface area contributed by atoms with Crippen LogP contribution in [0.25, 0.3) is 5.69 Å². The van der Waals surface area contributed by atoms with E-state index in [2.05, 4.69) is 78.9 Å². The number of thiocarbonyl (C=S) groups is 1. The number of hydrogen-bond donors (Lipinski definition) is 1. The Morgan fingerprint density at radius 2 is 1.63 bits per heavy atom. The molecule has 35 heavy (non-hydrogen) atoms. The number of rotatable bonds is 5. The minimum Gasteiger partial charge on any atom is -0.495 e. The van der Waals surface area contributed by atoms with Crippen LogP contribution in [-0.4, -0.2) is 21.8 Å². The van der Waals surface area contributed by atoms with Gasteiger partial charge in [-0.2, -0.15) is 0 Å². The van der Waals surface area contributed by atoms with Gasteiger partial charge in [0.15, 0.2) is 5.11 Å². The molecule has 4 aromatic rings. The molecule has 2 atom stereocenters. The van der Waals surface area contributed by atoms with E-state index in [1.165, 1.54) is 33.8 Å². The van der Waals surface area contributed by atoms with Crippen molar-refractivity contribution in [2.24, 2.45) is 0 Å². The molecule has 5 nitrogen and oxygen atoms in total. The Labute approximate surface area is 212 Å². The van der Waals surface area contributed by atoms with Crippen molar-refractivity contribution in [1.29, 1.82) is 0 Å². The number of anilines is 1. The molecule has 1 fully saturated rings. The molecule has 0 bridgehead atoms. The van der Waals surface area contributed by atoms with Gasteiger partial charge in [0.2, 0.25) is 0 Å². The van der Waals surface area contributed by atoms with Crippen LogP contribution in [0.4, 0.5) is 5.69 Å². The lowest BCUT2D eigenvalue weighted by molar-refractivity contribution is 0.414. The predicted molar refractivity (Wildman–Crippen MR) is 146 cm³/mol. The molecule has 0 unspecified atom stereocenters. The van der Waals surface area contributed by atoms with E-state index in [0.717, 1.165) is 17.1 Å². The van der Waals surface area contributed by atoms with Gasteiger partial charge in [-0.25, -0.2) is 0 Å². The number of para-hydroxylation sites is 3. The standard InChI is InChI=1S/C29H30N4OS/c1-18-11-10-12-19(2)27(18)32-20(3)17-22(21(32)4)28-26(23-13-8-9-16-30-23)31-29(35)33(28)24-14-6-7-15-25(24)34-5/h6-17,26,28H,1-5H3,(H,31,35)/t26-,28+/m1/s1. The Hall–Kier alpha value is -3.64. The predicted octanol–water partition coefficient (Wildman–Crippen LogP) is 6.29. The van der Waals surface area contributed by atoms with Gasteiger partial charge in [0.05, 0.1) is 36.3 Å². The number of hydrogen-bond acceptors (Lipinski definition) is 3. The molecule has 6 heteroatoms. The molecule has 0 spiro atoms. The largest absolute Gasteiger partial charge is 0.495 e. The number of methoxy groups -OCH3 is 1. The number of benzene rings is 2. The van der Waals surface area contributed by atoms with Crippen LogP contribution in [0.1, 0.15) is 45.9 Å². The second kappa shape index (κ2) is 9.19. The fraction of sp³-hybridized carbons (Fsp3) is 0.241. The van der Waals surface area contributed by atoms with Crippen molar-refractivity contribution < 1.29 is 4.74 Å². The van der Waals surface area contributed by atoms with Crippen LogP contribution >= 0.6 is 12.2 Å². The molecule has 2 aromatic heterocycles. The summed E-state index contributed by atoms with van der Waals surface area (Å²) >= 11 is 5.93. The molecule has 0 aliphatic carbocycles. The van der Waals surface area contributed by atoms with Crippen LogP contribution in [0.2, 0.25) is 0 Å². The summed E-state index contributed by atoms with van der Waals surface area (Å²) in [6.07, 6.45) is 1.84. The van der Waals surface area contributed by atoms with E-state index >= 15 is 0 Å². The third kappa shape index (κ3) is 3.88. The van der Waals surface area contributed by atoms with Crippen LogP contribution in [0.15, 0.2) is 72.9 Å². The number of aromatic nitrogens is 2. The first kappa shape index (κ1) is 23.1. The normalized spacial score (nSPS) is 17.5. The highest BCUT2D eigenvalue weighted by Gasteiger charge is 2.43. The summed E-state index contributed by atoms with van der Waals surface area (Å²) in [7, 11) is 1.70. The molecule has 1 N–H and O–H groups in total. The molecule has 2 aromatic carbocycles. The average Bonchev–Trinajstić information content (AvgIpc) is 3.35. The second-order valence-electron chi connectivity index (χ2n) is 9.07. The van der Waals surface area contributed by atoms with Crippen molar-refractivity contribution in [3.63, 3.8) is 0 Å². The van der Waals surface area contributed by atoms with Crippen LogP contribution in [0.3, 0.4) is 0 Å². The zero-order valence-electron chi connectivity index (χ0n) is 20.7. The van der Waals surface area contributed by atoms with Crippen molar-refractivity contribution in [1.82, 2.24) is 14.9 Å². The van der Waals surface area contributed by atoms with Crippen LogP contribution in [0, 0.1) is 27.7 Å². The number of ether oxygens (including phenoxy) is 1. The molecule has 0 amide bonds. The quantitative estimate of drug-likeness (QED) is 0.339. The number of pyridine rings is 1.